The van der Waals surface area contributed by atoms with E-state index < -0.39 is 0 Å². The number of methoxy groups -OCH3 is 2. The van der Waals surface area contributed by atoms with Crippen molar-refractivity contribution in [2.75, 3.05) is 31.8 Å². The van der Waals surface area contributed by atoms with Gasteiger partial charge in [0.2, 0.25) is 0 Å². The van der Waals surface area contributed by atoms with Crippen molar-refractivity contribution in [1.82, 2.24) is 14.8 Å². The summed E-state index contributed by atoms with van der Waals surface area (Å²) in [6.45, 7) is 4.79. The van der Waals surface area contributed by atoms with Crippen molar-refractivity contribution in [2.45, 2.75) is 19.8 Å². The van der Waals surface area contributed by atoms with E-state index in [0.29, 0.717) is 23.9 Å². The molecule has 5 rings (SSSR count). The second-order valence-corrected chi connectivity index (χ2v) is 9.36. The lowest BCUT2D eigenvalue weighted by atomic mass is 9.85. The van der Waals surface area contributed by atoms with E-state index in [0.717, 1.165) is 33.6 Å². The molecule has 1 aliphatic carbocycles. The van der Waals surface area contributed by atoms with Gasteiger partial charge < -0.3 is 25.1 Å². The number of hydrogen-bond donors (Lipinski definition) is 2. The monoisotopic (exact) mass is 507 g/mol. The molecule has 7 nitrogen and oxygen atoms in total. The predicted octanol–water partition coefficient (Wildman–Crippen LogP) is 6.13. The highest BCUT2D eigenvalue weighted by Gasteiger charge is 2.24. The molecule has 0 saturated heterocycles. The van der Waals surface area contributed by atoms with Crippen molar-refractivity contribution in [2.24, 2.45) is 5.92 Å². The van der Waals surface area contributed by atoms with E-state index in [1.54, 1.807) is 14.2 Å². The van der Waals surface area contributed by atoms with Crippen LogP contribution in [0.5, 0.6) is 11.5 Å². The number of hydrogen-bond acceptors (Lipinski definition) is 6. The summed E-state index contributed by atoms with van der Waals surface area (Å²) in [5, 5.41) is 14.3. The summed E-state index contributed by atoms with van der Waals surface area (Å²) in [5.41, 5.74) is 10.5. The van der Waals surface area contributed by atoms with Crippen molar-refractivity contribution in [3.8, 4) is 17.2 Å². The molecule has 0 fully saturated rings. The number of nitrogens with two attached hydrogens (primary N) is 1. The van der Waals surface area contributed by atoms with Gasteiger partial charge in [-0.2, -0.15) is 0 Å². The highest BCUT2D eigenvalue weighted by Crippen LogP contribution is 2.39. The molecule has 7 heteroatoms. The highest BCUT2D eigenvalue weighted by atomic mass is 16.5. The summed E-state index contributed by atoms with van der Waals surface area (Å²) < 4.78 is 13.3. The van der Waals surface area contributed by atoms with Crippen LogP contribution < -0.4 is 20.5 Å². The lowest BCUT2D eigenvalue weighted by Crippen LogP contribution is -2.20. The molecular formula is C31H33N5O2. The van der Waals surface area contributed by atoms with Crippen LogP contribution in [0.3, 0.4) is 0 Å². The molecule has 4 aromatic rings. The molecule has 0 spiro atoms. The van der Waals surface area contributed by atoms with Gasteiger partial charge in [0.1, 0.15) is 11.5 Å². The molecule has 0 saturated carbocycles. The summed E-state index contributed by atoms with van der Waals surface area (Å²) >= 11 is 0. The number of nitrogens with one attached hydrogen (secondary N) is 1. The Kier molecular flexibility index (Phi) is 7.18. The minimum atomic E-state index is 0.197. The van der Waals surface area contributed by atoms with E-state index >= 15 is 0 Å². The molecule has 0 radical (unpaired) electrons. The smallest absolute Gasteiger partial charge is 0.158 e. The maximum atomic E-state index is 6.39. The molecule has 2 aromatic heterocycles. The van der Waals surface area contributed by atoms with Gasteiger partial charge in [-0.3, -0.25) is 0 Å². The largest absolute Gasteiger partial charge is 0.497 e. The fraction of sp³-hybridized carbons (Fsp3) is 0.226. The third-order valence-corrected chi connectivity index (χ3v) is 7.20. The Morgan fingerprint density at radius 1 is 0.895 bits per heavy atom. The van der Waals surface area contributed by atoms with Crippen LogP contribution in [0, 0.1) is 19.8 Å². The van der Waals surface area contributed by atoms with Crippen molar-refractivity contribution >= 4 is 22.4 Å². The minimum absolute atomic E-state index is 0.197. The first-order chi connectivity index (χ1) is 18.5. The Balaban J connectivity index is 1.57. The van der Waals surface area contributed by atoms with Crippen LogP contribution >= 0.6 is 0 Å². The Labute approximate surface area is 223 Å². The molecule has 2 heterocycles. The van der Waals surface area contributed by atoms with Gasteiger partial charge in [0.05, 0.1) is 30.7 Å². The fourth-order valence-corrected chi connectivity index (χ4v) is 5.33. The molecule has 3 N–H and O–H groups in total. The summed E-state index contributed by atoms with van der Waals surface area (Å²) in [5.74, 6) is 2.97. The zero-order chi connectivity index (χ0) is 26.6. The minimum Gasteiger partial charge on any atom is -0.497 e. The molecule has 194 valence electrons. The van der Waals surface area contributed by atoms with Crippen LogP contribution in [0.4, 0.5) is 11.6 Å². The zero-order valence-corrected chi connectivity index (χ0v) is 22.2. The SMILES string of the molecule is COc1ccc(-n2c(C)c3c(N)nnc(NCC(c4ccccc4)C4C=CC=CC=C4)c3c2C)c(OC)c1. The maximum Gasteiger partial charge on any atom is 0.158 e. The zero-order valence-electron chi connectivity index (χ0n) is 22.2. The molecule has 2 aromatic carbocycles. The quantitative estimate of drug-likeness (QED) is 0.298. The van der Waals surface area contributed by atoms with E-state index in [-0.39, 0.29) is 11.8 Å². The fourth-order valence-electron chi connectivity index (χ4n) is 5.33. The Hall–Kier alpha value is -4.52. The Morgan fingerprint density at radius 2 is 1.61 bits per heavy atom. The average molecular weight is 508 g/mol. The lowest BCUT2D eigenvalue weighted by molar-refractivity contribution is 0.393. The standard InChI is InChI=1S/C31H33N5O2/c1-20-28-29(21(2)36(20)26-17-16-24(37-3)18-27(26)38-4)31(35-34-30(28)32)33-19-25(23-14-10-7-11-15-23)22-12-8-5-6-9-13-22/h5-18,22,25H,19H2,1-4H3,(H2,32,34)(H,33,35). The number of benzene rings is 2. The van der Waals surface area contributed by atoms with Gasteiger partial charge in [-0.05, 0) is 31.5 Å². The third kappa shape index (κ3) is 4.63. The van der Waals surface area contributed by atoms with Crippen molar-refractivity contribution in [3.63, 3.8) is 0 Å². The van der Waals surface area contributed by atoms with Crippen LogP contribution in [0.15, 0.2) is 85.0 Å². The number of nitrogen functional groups attached to an aromatic ring is 1. The van der Waals surface area contributed by atoms with Crippen LogP contribution in [0.25, 0.3) is 16.5 Å². The first kappa shape index (κ1) is 25.1. The van der Waals surface area contributed by atoms with Crippen LogP contribution in [0.2, 0.25) is 0 Å². The summed E-state index contributed by atoms with van der Waals surface area (Å²) in [7, 11) is 3.30. The summed E-state index contributed by atoms with van der Waals surface area (Å²) in [4.78, 5) is 0. The number of fused-ring (bicyclic) bond motifs is 1. The average Bonchev–Trinajstić information content (AvgIpc) is 3.09. The van der Waals surface area contributed by atoms with E-state index in [1.807, 2.05) is 31.2 Å². The highest BCUT2D eigenvalue weighted by molar-refractivity contribution is 6.02. The third-order valence-electron chi connectivity index (χ3n) is 7.20. The van der Waals surface area contributed by atoms with Gasteiger partial charge >= 0.3 is 0 Å². The van der Waals surface area contributed by atoms with Gasteiger partial charge in [0.15, 0.2) is 11.6 Å². The molecule has 0 aliphatic heterocycles. The van der Waals surface area contributed by atoms with Crippen molar-refractivity contribution < 1.29 is 9.47 Å². The predicted molar refractivity (Wildman–Crippen MR) is 154 cm³/mol. The first-order valence-corrected chi connectivity index (χ1v) is 12.7. The summed E-state index contributed by atoms with van der Waals surface area (Å²) in [6, 6.07) is 16.4. The second kappa shape index (κ2) is 10.8. The van der Waals surface area contributed by atoms with Gasteiger partial charge in [-0.25, -0.2) is 0 Å². The normalized spacial score (nSPS) is 14.0. The molecule has 1 atom stereocenters. The number of aryl methyl sites for hydroxylation is 2. The van der Waals surface area contributed by atoms with Crippen LogP contribution in [-0.2, 0) is 0 Å². The first-order valence-electron chi connectivity index (χ1n) is 12.7. The van der Waals surface area contributed by atoms with Crippen molar-refractivity contribution in [1.29, 1.82) is 0 Å². The number of rotatable bonds is 8. The Bertz CT molecular complexity index is 1520. The summed E-state index contributed by atoms with van der Waals surface area (Å²) in [6.07, 6.45) is 12.8. The van der Waals surface area contributed by atoms with E-state index in [1.165, 1.54) is 5.56 Å². The number of ether oxygens (including phenoxy) is 2. The van der Waals surface area contributed by atoms with Gasteiger partial charge in [0, 0.05) is 35.8 Å². The van der Waals surface area contributed by atoms with E-state index in [2.05, 4.69) is 87.7 Å². The van der Waals surface area contributed by atoms with E-state index in [9.17, 15) is 0 Å². The molecule has 38 heavy (non-hydrogen) atoms. The van der Waals surface area contributed by atoms with Gasteiger partial charge in [0.25, 0.3) is 0 Å². The lowest BCUT2D eigenvalue weighted by Gasteiger charge is -2.24. The molecule has 0 amide bonds. The number of aromatic nitrogens is 3. The topological polar surface area (TPSA) is 87.2 Å². The van der Waals surface area contributed by atoms with Crippen LogP contribution in [0.1, 0.15) is 22.9 Å². The number of allylic oxidation sites excluding steroid dienone is 6. The van der Waals surface area contributed by atoms with Gasteiger partial charge in [-0.1, -0.05) is 66.8 Å². The maximum absolute atomic E-state index is 6.39. The number of nitrogens with zero attached hydrogens (tertiary/aromatic N) is 3. The number of anilines is 2. The van der Waals surface area contributed by atoms with Gasteiger partial charge in [-0.15, -0.1) is 10.2 Å². The molecule has 1 unspecified atom stereocenters. The molecule has 0 bridgehead atoms. The molecule has 1 aliphatic rings. The molecular weight excluding hydrogens is 474 g/mol. The second-order valence-electron chi connectivity index (χ2n) is 9.36. The Morgan fingerprint density at radius 3 is 2.29 bits per heavy atom. The van der Waals surface area contributed by atoms with Crippen LogP contribution in [-0.4, -0.2) is 35.5 Å². The van der Waals surface area contributed by atoms with E-state index in [4.69, 9.17) is 15.2 Å². The van der Waals surface area contributed by atoms with Crippen molar-refractivity contribution in [3.05, 3.63) is 102 Å².